The lowest BCUT2D eigenvalue weighted by Crippen LogP contribution is -2.30. The topological polar surface area (TPSA) is 52.6 Å². The number of hydrogen-bond acceptors (Lipinski definition) is 4. The van der Waals surface area contributed by atoms with E-state index in [0.29, 0.717) is 12.8 Å². The lowest BCUT2D eigenvalue weighted by molar-refractivity contribution is -0.157. The number of methoxy groups -OCH3 is 1. The van der Waals surface area contributed by atoms with Crippen LogP contribution in [0.2, 0.25) is 0 Å². The largest absolute Gasteiger partial charge is 0.469 e. The van der Waals surface area contributed by atoms with Crippen molar-refractivity contribution in [2.75, 3.05) is 7.11 Å². The average Bonchev–Trinajstić information content (AvgIpc) is 2.72. The number of hydrogen-bond donors (Lipinski definition) is 0. The third-order valence-electron chi connectivity index (χ3n) is 3.34. The predicted molar refractivity (Wildman–Crippen MR) is 64.8 cm³/mol. The monoisotopic (exact) mass is 248 g/mol. The molecule has 96 valence electrons. The highest BCUT2D eigenvalue weighted by atomic mass is 16.6. The molecule has 1 aromatic rings. The van der Waals surface area contributed by atoms with Crippen LogP contribution in [0, 0.1) is 6.92 Å². The fourth-order valence-corrected chi connectivity index (χ4v) is 2.42. The van der Waals surface area contributed by atoms with Crippen LogP contribution < -0.4 is 0 Å². The summed E-state index contributed by atoms with van der Waals surface area (Å²) in [4.78, 5) is 23.0. The molecule has 4 heteroatoms. The molecule has 1 atom stereocenters. The molecule has 0 bridgehead atoms. The minimum absolute atomic E-state index is 0.0695. The Labute approximate surface area is 106 Å². The summed E-state index contributed by atoms with van der Waals surface area (Å²) in [6, 6.07) is 7.65. The van der Waals surface area contributed by atoms with Crippen LogP contribution in [0.4, 0.5) is 0 Å². The Bertz CT molecular complexity index is 480. The van der Waals surface area contributed by atoms with E-state index >= 15 is 0 Å². The van der Waals surface area contributed by atoms with Gasteiger partial charge in [-0.1, -0.05) is 24.3 Å². The maximum atomic E-state index is 11.6. The van der Waals surface area contributed by atoms with Crippen molar-refractivity contribution in [2.24, 2.45) is 0 Å². The van der Waals surface area contributed by atoms with Crippen LogP contribution >= 0.6 is 0 Å². The van der Waals surface area contributed by atoms with E-state index < -0.39 is 5.60 Å². The summed E-state index contributed by atoms with van der Waals surface area (Å²) in [5, 5.41) is 0. The van der Waals surface area contributed by atoms with E-state index in [1.165, 1.54) is 7.11 Å². The van der Waals surface area contributed by atoms with Crippen molar-refractivity contribution in [1.82, 2.24) is 0 Å². The molecule has 18 heavy (non-hydrogen) atoms. The molecule has 2 rings (SSSR count). The summed E-state index contributed by atoms with van der Waals surface area (Å²) >= 11 is 0. The molecule has 1 aliphatic rings. The number of rotatable bonds is 3. The van der Waals surface area contributed by atoms with Gasteiger partial charge in [-0.05, 0) is 18.1 Å². The van der Waals surface area contributed by atoms with Gasteiger partial charge in [-0.2, -0.15) is 0 Å². The Morgan fingerprint density at radius 2 is 2.17 bits per heavy atom. The molecule has 1 saturated heterocycles. The van der Waals surface area contributed by atoms with Crippen LogP contribution in [0.25, 0.3) is 0 Å². The second-order valence-corrected chi connectivity index (χ2v) is 4.54. The smallest absolute Gasteiger partial charge is 0.309 e. The molecular formula is C14H16O4. The number of carbonyl (C=O) groups excluding carboxylic acids is 2. The summed E-state index contributed by atoms with van der Waals surface area (Å²) in [7, 11) is 1.34. The van der Waals surface area contributed by atoms with Gasteiger partial charge in [0.05, 0.1) is 13.5 Å². The molecule has 0 N–H and O–H groups in total. The van der Waals surface area contributed by atoms with Gasteiger partial charge < -0.3 is 9.47 Å². The van der Waals surface area contributed by atoms with Gasteiger partial charge in [-0.15, -0.1) is 0 Å². The van der Waals surface area contributed by atoms with Gasteiger partial charge in [0.1, 0.15) is 5.60 Å². The van der Waals surface area contributed by atoms with Crippen molar-refractivity contribution < 1.29 is 19.1 Å². The van der Waals surface area contributed by atoms with E-state index in [1.54, 1.807) is 0 Å². The molecule has 0 aromatic heterocycles. The molecule has 1 aliphatic heterocycles. The summed E-state index contributed by atoms with van der Waals surface area (Å²) in [6.07, 6.45) is 0.928. The first-order valence-corrected chi connectivity index (χ1v) is 5.92. The van der Waals surface area contributed by atoms with E-state index in [0.717, 1.165) is 11.1 Å². The minimum atomic E-state index is -0.852. The van der Waals surface area contributed by atoms with E-state index in [-0.39, 0.29) is 18.4 Å². The summed E-state index contributed by atoms with van der Waals surface area (Å²) in [5.74, 6) is -0.630. The molecule has 1 unspecified atom stereocenters. The number of cyclic esters (lactones) is 1. The highest BCUT2D eigenvalue weighted by Crippen LogP contribution is 2.41. The maximum Gasteiger partial charge on any atom is 0.309 e. The highest BCUT2D eigenvalue weighted by molar-refractivity contribution is 5.76. The van der Waals surface area contributed by atoms with Crippen LogP contribution in [-0.4, -0.2) is 19.0 Å². The first-order valence-electron chi connectivity index (χ1n) is 5.92. The Morgan fingerprint density at radius 1 is 1.44 bits per heavy atom. The van der Waals surface area contributed by atoms with Crippen LogP contribution in [0.1, 0.15) is 30.4 Å². The van der Waals surface area contributed by atoms with E-state index in [2.05, 4.69) is 0 Å². The quantitative estimate of drug-likeness (QED) is 0.768. The average molecular weight is 248 g/mol. The molecular weight excluding hydrogens is 232 g/mol. The van der Waals surface area contributed by atoms with Gasteiger partial charge in [0, 0.05) is 12.8 Å². The third kappa shape index (κ3) is 2.23. The Kier molecular flexibility index (Phi) is 3.36. The normalized spacial score (nSPS) is 22.7. The SMILES string of the molecule is COC(=O)CC1(c2ccccc2C)CCC(=O)O1. The van der Waals surface area contributed by atoms with Gasteiger partial charge in [0.2, 0.25) is 0 Å². The van der Waals surface area contributed by atoms with E-state index in [1.807, 2.05) is 31.2 Å². The fraction of sp³-hybridized carbons (Fsp3) is 0.429. The van der Waals surface area contributed by atoms with Crippen LogP contribution in [-0.2, 0) is 24.7 Å². The fourth-order valence-electron chi connectivity index (χ4n) is 2.42. The molecule has 0 aliphatic carbocycles. The second-order valence-electron chi connectivity index (χ2n) is 4.54. The Balaban J connectivity index is 2.40. The number of carbonyl (C=O) groups is 2. The van der Waals surface area contributed by atoms with Crippen molar-refractivity contribution in [3.63, 3.8) is 0 Å². The highest BCUT2D eigenvalue weighted by Gasteiger charge is 2.44. The number of esters is 2. The first-order chi connectivity index (χ1) is 8.57. The lowest BCUT2D eigenvalue weighted by atomic mass is 9.85. The minimum Gasteiger partial charge on any atom is -0.469 e. The molecule has 1 heterocycles. The van der Waals surface area contributed by atoms with Crippen LogP contribution in [0.15, 0.2) is 24.3 Å². The van der Waals surface area contributed by atoms with Gasteiger partial charge in [-0.25, -0.2) is 0 Å². The molecule has 0 amide bonds. The van der Waals surface area contributed by atoms with Crippen molar-refractivity contribution in [2.45, 2.75) is 31.8 Å². The molecule has 0 radical (unpaired) electrons. The maximum absolute atomic E-state index is 11.6. The number of ether oxygens (including phenoxy) is 2. The molecule has 1 fully saturated rings. The molecule has 1 aromatic carbocycles. The van der Waals surface area contributed by atoms with Crippen molar-refractivity contribution in [3.8, 4) is 0 Å². The third-order valence-corrected chi connectivity index (χ3v) is 3.34. The van der Waals surface area contributed by atoms with Crippen LogP contribution in [0.3, 0.4) is 0 Å². The van der Waals surface area contributed by atoms with Crippen molar-refractivity contribution >= 4 is 11.9 Å². The Morgan fingerprint density at radius 3 is 2.72 bits per heavy atom. The zero-order valence-electron chi connectivity index (χ0n) is 10.6. The summed E-state index contributed by atoms with van der Waals surface area (Å²) < 4.78 is 10.2. The van der Waals surface area contributed by atoms with Gasteiger partial charge in [0.15, 0.2) is 0 Å². The summed E-state index contributed by atoms with van der Waals surface area (Å²) in [6.45, 7) is 1.94. The van der Waals surface area contributed by atoms with Crippen LogP contribution in [0.5, 0.6) is 0 Å². The van der Waals surface area contributed by atoms with Gasteiger partial charge >= 0.3 is 11.9 Å². The zero-order chi connectivity index (χ0) is 13.2. The van der Waals surface area contributed by atoms with E-state index in [4.69, 9.17) is 9.47 Å². The first kappa shape index (κ1) is 12.6. The number of aryl methyl sites for hydroxylation is 1. The zero-order valence-corrected chi connectivity index (χ0v) is 10.6. The summed E-state index contributed by atoms with van der Waals surface area (Å²) in [5.41, 5.74) is 1.05. The second kappa shape index (κ2) is 4.80. The van der Waals surface area contributed by atoms with Crippen molar-refractivity contribution in [3.05, 3.63) is 35.4 Å². The molecule has 0 saturated carbocycles. The van der Waals surface area contributed by atoms with E-state index in [9.17, 15) is 9.59 Å². The standard InChI is InChI=1S/C14H16O4/c1-10-5-3-4-6-11(10)14(9-13(16)17-2)8-7-12(15)18-14/h3-6H,7-9H2,1-2H3. The van der Waals surface area contributed by atoms with Gasteiger partial charge in [0.25, 0.3) is 0 Å². The number of benzene rings is 1. The lowest BCUT2D eigenvalue weighted by Gasteiger charge is -2.28. The molecule has 0 spiro atoms. The Hall–Kier alpha value is -1.84. The predicted octanol–water partition coefficient (Wildman–Crippen LogP) is 2.09. The molecule has 4 nitrogen and oxygen atoms in total. The van der Waals surface area contributed by atoms with Gasteiger partial charge in [-0.3, -0.25) is 9.59 Å². The van der Waals surface area contributed by atoms with Crippen molar-refractivity contribution in [1.29, 1.82) is 0 Å².